The molecule has 0 radical (unpaired) electrons. The summed E-state index contributed by atoms with van der Waals surface area (Å²) in [7, 11) is 8.26. The van der Waals surface area contributed by atoms with Crippen molar-refractivity contribution in [2.24, 2.45) is 0 Å². The molecule has 40 heavy (non-hydrogen) atoms. The van der Waals surface area contributed by atoms with Crippen LogP contribution in [0, 0.1) is 5.82 Å². The zero-order valence-corrected chi connectivity index (χ0v) is 23.6. The van der Waals surface area contributed by atoms with Gasteiger partial charge in [-0.3, -0.25) is 24.6 Å². The molecule has 0 aliphatic carbocycles. The van der Waals surface area contributed by atoms with E-state index in [2.05, 4.69) is 15.5 Å². The average molecular weight is 542 g/mol. The van der Waals surface area contributed by atoms with E-state index in [1.54, 1.807) is 33.9 Å². The first kappa shape index (κ1) is 28.5. The zero-order chi connectivity index (χ0) is 29.0. The molecule has 0 bridgehead atoms. The maximum atomic E-state index is 14.8. The maximum Gasteiger partial charge on any atom is 0.254 e. The molecule has 0 aromatic heterocycles. The molecule has 2 aromatic carbocycles. The number of morpholine rings is 1. The summed E-state index contributed by atoms with van der Waals surface area (Å²) in [6.07, 6.45) is 0. The fourth-order valence-corrected chi connectivity index (χ4v) is 6.18. The van der Waals surface area contributed by atoms with E-state index in [0.29, 0.717) is 42.1 Å². The Morgan fingerprint density at radius 2 is 1.77 bits per heavy atom. The maximum absolute atomic E-state index is 14.8. The molecule has 3 amide bonds. The van der Waals surface area contributed by atoms with Crippen LogP contribution in [0.4, 0.5) is 10.1 Å². The minimum atomic E-state index is -1.89. The summed E-state index contributed by atoms with van der Waals surface area (Å²) in [5, 5.41) is 14.4. The lowest BCUT2D eigenvalue weighted by Crippen LogP contribution is -2.74. The van der Waals surface area contributed by atoms with Crippen LogP contribution in [0.3, 0.4) is 0 Å². The third-order valence-corrected chi connectivity index (χ3v) is 8.94. The summed E-state index contributed by atoms with van der Waals surface area (Å²) < 4.78 is 20.3. The lowest BCUT2D eigenvalue weighted by atomic mass is 9.36. The second-order valence-electron chi connectivity index (χ2n) is 12.1. The van der Waals surface area contributed by atoms with Gasteiger partial charge in [0.25, 0.3) is 5.91 Å². The lowest BCUT2D eigenvalue weighted by Gasteiger charge is -2.53. The highest BCUT2D eigenvalue weighted by Crippen LogP contribution is 2.48. The van der Waals surface area contributed by atoms with Crippen molar-refractivity contribution in [2.45, 2.75) is 35.2 Å². The number of carbonyl (C=O) groups is 3. The first-order valence-corrected chi connectivity index (χ1v) is 13.6. The van der Waals surface area contributed by atoms with Gasteiger partial charge in [-0.25, -0.2) is 4.39 Å². The number of benzene rings is 2. The summed E-state index contributed by atoms with van der Waals surface area (Å²) in [6, 6.07) is 9.30. The molecule has 2 aromatic rings. The molecular formula is C25H32B5FN4O5. The number of aliphatic hydroxyl groups is 1. The van der Waals surface area contributed by atoms with Crippen molar-refractivity contribution in [1.82, 2.24) is 15.1 Å². The zero-order valence-electron chi connectivity index (χ0n) is 23.6. The Labute approximate surface area is 237 Å². The topological polar surface area (TPSA) is 111 Å². The second kappa shape index (κ2) is 10.1. The van der Waals surface area contributed by atoms with Gasteiger partial charge in [-0.15, -0.1) is 0 Å². The molecule has 5 rings (SSSR count). The molecule has 3 N–H and O–H groups in total. The highest BCUT2D eigenvalue weighted by Gasteiger charge is 2.62. The number of nitrogens with one attached hydrogen (secondary N) is 2. The van der Waals surface area contributed by atoms with Crippen LogP contribution in [0.25, 0.3) is 0 Å². The number of piperidine rings is 1. The first-order valence-electron chi connectivity index (χ1n) is 13.6. The Morgan fingerprint density at radius 1 is 1.07 bits per heavy atom. The predicted octanol–water partition coefficient (Wildman–Crippen LogP) is -4.17. The molecule has 2 saturated heterocycles. The third-order valence-electron chi connectivity index (χ3n) is 8.94. The molecule has 0 saturated carbocycles. The Balaban J connectivity index is 1.43. The van der Waals surface area contributed by atoms with Gasteiger partial charge in [-0.2, -0.15) is 0 Å². The number of ether oxygens (including phenoxy) is 1. The number of hydrogen-bond donors (Lipinski definition) is 3. The summed E-state index contributed by atoms with van der Waals surface area (Å²) in [4.78, 5) is 43.2. The van der Waals surface area contributed by atoms with Crippen LogP contribution in [-0.2, 0) is 32.8 Å². The summed E-state index contributed by atoms with van der Waals surface area (Å²) >= 11 is 0. The highest BCUT2D eigenvalue weighted by atomic mass is 19.1. The molecule has 3 aliphatic rings. The molecular weight excluding hydrogens is 509 g/mol. The van der Waals surface area contributed by atoms with Crippen LogP contribution in [0.5, 0.6) is 0 Å². The van der Waals surface area contributed by atoms with Gasteiger partial charge in [0.1, 0.15) is 48.7 Å². The number of nitrogens with zero attached hydrogens (tertiary/aromatic N) is 2. The number of amides is 3. The van der Waals surface area contributed by atoms with Crippen LogP contribution in [0.15, 0.2) is 36.4 Å². The van der Waals surface area contributed by atoms with E-state index in [1.165, 1.54) is 18.8 Å². The fraction of sp³-hybridized carbons (Fsp3) is 0.400. The third kappa shape index (κ3) is 4.57. The molecule has 3 aliphatic heterocycles. The van der Waals surface area contributed by atoms with Crippen molar-refractivity contribution < 1.29 is 28.6 Å². The summed E-state index contributed by atoms with van der Waals surface area (Å²) in [6.45, 7) is 3.95. The lowest BCUT2D eigenvalue weighted by molar-refractivity contribution is -0.149. The van der Waals surface area contributed by atoms with E-state index in [4.69, 9.17) is 4.74 Å². The van der Waals surface area contributed by atoms with Gasteiger partial charge >= 0.3 is 0 Å². The van der Waals surface area contributed by atoms with Gasteiger partial charge in [0.15, 0.2) is 7.85 Å². The van der Waals surface area contributed by atoms with Crippen molar-refractivity contribution >= 4 is 62.6 Å². The Morgan fingerprint density at radius 3 is 2.48 bits per heavy atom. The second-order valence-corrected chi connectivity index (χ2v) is 12.1. The molecule has 15 heteroatoms. The number of anilines is 1. The van der Waals surface area contributed by atoms with Gasteiger partial charge in [0, 0.05) is 48.3 Å². The van der Waals surface area contributed by atoms with Crippen molar-refractivity contribution in [2.75, 3.05) is 31.6 Å². The minimum absolute atomic E-state index is 0.197. The molecule has 0 spiro atoms. The molecule has 3 heterocycles. The van der Waals surface area contributed by atoms with Crippen LogP contribution in [0.1, 0.15) is 27.0 Å². The van der Waals surface area contributed by atoms with Gasteiger partial charge in [-0.05, 0) is 40.6 Å². The molecule has 2 atom stereocenters. The van der Waals surface area contributed by atoms with E-state index >= 15 is 0 Å². The van der Waals surface area contributed by atoms with E-state index < -0.39 is 33.9 Å². The van der Waals surface area contributed by atoms with Gasteiger partial charge < -0.3 is 20.1 Å². The van der Waals surface area contributed by atoms with Crippen molar-refractivity contribution in [3.63, 3.8) is 0 Å². The number of fused-ring (bicyclic) bond motifs is 1. The molecule has 9 nitrogen and oxygen atoms in total. The summed E-state index contributed by atoms with van der Waals surface area (Å²) in [5.74, 6) is -2.12. The van der Waals surface area contributed by atoms with Gasteiger partial charge in [0.05, 0.1) is 13.2 Å². The quantitative estimate of drug-likeness (QED) is 0.252. The highest BCUT2D eigenvalue weighted by molar-refractivity contribution is 6.53. The average Bonchev–Trinajstić information content (AvgIpc) is 3.10. The standard InChI is InChI=1S/C25H32B5FN4O5/c26-23(27)19(20(36)33-22(38)24(23,28)39)35-21(37)15-2-1-3-17(18(15)25(35,29)30)32-11-14-10-13(4-5-16(14)31)12-34-6-8-40-9-7-34/h1-5,10,19,32,39H,6-9,11-12,26-30H2,(H,33,36,38). The number of carbonyl (C=O) groups excluding carboxylic acids is 3. The van der Waals surface area contributed by atoms with Crippen LogP contribution < -0.4 is 10.6 Å². The van der Waals surface area contributed by atoms with Crippen molar-refractivity contribution in [3.05, 3.63) is 64.5 Å². The Kier molecular flexibility index (Phi) is 7.21. The summed E-state index contributed by atoms with van der Waals surface area (Å²) in [5.41, 5.74) is 1.36. The number of imide groups is 1. The van der Waals surface area contributed by atoms with Crippen LogP contribution >= 0.6 is 0 Å². The van der Waals surface area contributed by atoms with Crippen molar-refractivity contribution in [3.8, 4) is 0 Å². The van der Waals surface area contributed by atoms with Crippen LogP contribution in [0.2, 0.25) is 5.21 Å². The number of rotatable bonds is 6. The predicted molar refractivity (Wildman–Crippen MR) is 161 cm³/mol. The first-order chi connectivity index (χ1) is 18.8. The van der Waals surface area contributed by atoms with E-state index in [9.17, 15) is 23.9 Å². The normalized spacial score (nSPS) is 25.9. The van der Waals surface area contributed by atoms with E-state index in [0.717, 1.165) is 18.7 Å². The molecule has 2 unspecified atom stereocenters. The van der Waals surface area contributed by atoms with Gasteiger partial charge in [-0.1, -0.05) is 12.1 Å². The van der Waals surface area contributed by atoms with E-state index in [1.807, 2.05) is 27.8 Å². The fourth-order valence-electron chi connectivity index (χ4n) is 6.18. The Hall–Kier alpha value is -3.02. The van der Waals surface area contributed by atoms with Gasteiger partial charge in [0.2, 0.25) is 11.8 Å². The Bertz CT molecular complexity index is 1390. The number of hydrogen-bond acceptors (Lipinski definition) is 7. The van der Waals surface area contributed by atoms with Crippen molar-refractivity contribution in [1.29, 1.82) is 0 Å². The number of halogens is 1. The van der Waals surface area contributed by atoms with E-state index in [-0.39, 0.29) is 18.3 Å². The monoisotopic (exact) mass is 542 g/mol. The largest absolute Gasteiger partial charge is 0.390 e. The molecule has 2 fully saturated rings. The van der Waals surface area contributed by atoms with Crippen LogP contribution in [-0.4, -0.2) is 110 Å². The smallest absolute Gasteiger partial charge is 0.254 e. The molecule has 204 valence electrons. The SMILES string of the molecule is BC1(B)c2c(NCc3cc(CN4CCOCC4)ccc3F)cccc2C(=O)N1C1C(=O)NC(=O)C(B)(O)C1(B)B. The minimum Gasteiger partial charge on any atom is -0.390 e.